The first-order valence-electron chi connectivity index (χ1n) is 5.78. The van der Waals surface area contributed by atoms with Crippen molar-refractivity contribution in [3.8, 4) is 0 Å². The van der Waals surface area contributed by atoms with Crippen LogP contribution in [0.2, 0.25) is 5.02 Å². The number of nitrogens with zero attached hydrogens (tertiary/aromatic N) is 1. The van der Waals surface area contributed by atoms with Gasteiger partial charge in [-0.3, -0.25) is 0 Å². The van der Waals surface area contributed by atoms with Crippen LogP contribution in [0.3, 0.4) is 0 Å². The summed E-state index contributed by atoms with van der Waals surface area (Å²) >= 11 is 7.56. The Kier molecular flexibility index (Phi) is 4.69. The van der Waals surface area contributed by atoms with Gasteiger partial charge in [-0.2, -0.15) is 0 Å². The van der Waals surface area contributed by atoms with E-state index in [0.717, 1.165) is 12.0 Å². The van der Waals surface area contributed by atoms with Gasteiger partial charge in [0.1, 0.15) is 6.26 Å². The summed E-state index contributed by atoms with van der Waals surface area (Å²) < 4.78 is 5.27. The minimum atomic E-state index is 0.0281. The van der Waals surface area contributed by atoms with Gasteiger partial charge in [0, 0.05) is 11.1 Å². The number of nitrogens with two attached hydrogens (primary N) is 1. The molecule has 0 fully saturated rings. The third-order valence-electron chi connectivity index (χ3n) is 2.67. The van der Waals surface area contributed by atoms with Crippen molar-refractivity contribution < 1.29 is 4.42 Å². The molecule has 0 saturated heterocycles. The summed E-state index contributed by atoms with van der Waals surface area (Å²) in [4.78, 5) is 4.13. The fourth-order valence-electron chi connectivity index (χ4n) is 1.68. The van der Waals surface area contributed by atoms with Crippen LogP contribution in [0, 0.1) is 0 Å². The number of oxazole rings is 1. The van der Waals surface area contributed by atoms with Crippen LogP contribution >= 0.6 is 23.4 Å². The molecule has 0 amide bonds. The number of thioether (sulfide) groups is 1. The lowest BCUT2D eigenvalue weighted by atomic mass is 10.0. The van der Waals surface area contributed by atoms with Gasteiger partial charge in [0.05, 0.1) is 11.4 Å². The van der Waals surface area contributed by atoms with Crippen LogP contribution in [0.1, 0.15) is 24.2 Å². The van der Waals surface area contributed by atoms with Crippen LogP contribution in [-0.4, -0.2) is 11.0 Å². The van der Waals surface area contributed by atoms with Gasteiger partial charge in [0.25, 0.3) is 5.22 Å². The van der Waals surface area contributed by atoms with Crippen molar-refractivity contribution in [2.24, 2.45) is 5.73 Å². The highest BCUT2D eigenvalue weighted by atomic mass is 35.5. The van der Waals surface area contributed by atoms with Crippen LogP contribution in [0.5, 0.6) is 0 Å². The van der Waals surface area contributed by atoms with Gasteiger partial charge in [0.2, 0.25) is 0 Å². The van der Waals surface area contributed by atoms with E-state index in [0.29, 0.717) is 10.2 Å². The molecular formula is C13H15ClN2OS. The highest BCUT2D eigenvalue weighted by Crippen LogP contribution is 2.37. The predicted octanol–water partition coefficient (Wildman–Crippen LogP) is 3.90. The van der Waals surface area contributed by atoms with E-state index in [-0.39, 0.29) is 11.3 Å². The second-order valence-electron chi connectivity index (χ2n) is 3.96. The molecule has 0 radical (unpaired) electrons. The van der Waals surface area contributed by atoms with Gasteiger partial charge in [-0.1, -0.05) is 42.4 Å². The Morgan fingerprint density at radius 1 is 1.50 bits per heavy atom. The first-order valence-corrected chi connectivity index (χ1v) is 7.03. The molecule has 96 valence electrons. The molecule has 5 heteroatoms. The summed E-state index contributed by atoms with van der Waals surface area (Å²) in [5, 5.41) is 1.44. The van der Waals surface area contributed by atoms with Gasteiger partial charge in [-0.25, -0.2) is 4.98 Å². The Bertz CT molecular complexity index is 489. The Balaban J connectivity index is 2.25. The molecule has 1 heterocycles. The maximum atomic E-state index is 6.18. The lowest BCUT2D eigenvalue weighted by molar-refractivity contribution is 0.451. The summed E-state index contributed by atoms with van der Waals surface area (Å²) in [6.45, 7) is 2.07. The van der Waals surface area contributed by atoms with Crippen LogP contribution < -0.4 is 5.73 Å². The Morgan fingerprint density at radius 3 is 2.94 bits per heavy atom. The van der Waals surface area contributed by atoms with Crippen molar-refractivity contribution in [2.75, 3.05) is 0 Å². The third kappa shape index (κ3) is 3.28. The average Bonchev–Trinajstić information content (AvgIpc) is 2.88. The maximum Gasteiger partial charge on any atom is 0.256 e. The molecule has 2 atom stereocenters. The summed E-state index contributed by atoms with van der Waals surface area (Å²) in [6, 6.07) is 7.79. The van der Waals surface area contributed by atoms with E-state index in [1.807, 2.05) is 24.3 Å². The summed E-state index contributed by atoms with van der Waals surface area (Å²) in [5.41, 5.74) is 7.28. The van der Waals surface area contributed by atoms with E-state index in [1.165, 1.54) is 11.8 Å². The molecule has 1 aromatic carbocycles. The monoisotopic (exact) mass is 282 g/mol. The quantitative estimate of drug-likeness (QED) is 0.845. The lowest BCUT2D eigenvalue weighted by Crippen LogP contribution is -2.25. The first-order chi connectivity index (χ1) is 8.70. The maximum absolute atomic E-state index is 6.18. The van der Waals surface area contributed by atoms with Crippen molar-refractivity contribution in [3.63, 3.8) is 0 Å². The van der Waals surface area contributed by atoms with Gasteiger partial charge < -0.3 is 10.2 Å². The summed E-state index contributed by atoms with van der Waals surface area (Å²) in [7, 11) is 0. The Morgan fingerprint density at radius 2 is 2.33 bits per heavy atom. The number of rotatable bonds is 5. The second-order valence-corrected chi connectivity index (χ2v) is 5.49. The molecule has 1 aromatic heterocycles. The van der Waals surface area contributed by atoms with Crippen LogP contribution in [0.4, 0.5) is 0 Å². The SMILES string of the molecule is CCC(N)C(Sc1ncco1)c1cccc(Cl)c1. The highest BCUT2D eigenvalue weighted by molar-refractivity contribution is 7.99. The van der Waals surface area contributed by atoms with E-state index in [1.54, 1.807) is 12.5 Å². The summed E-state index contributed by atoms with van der Waals surface area (Å²) in [5.74, 6) is 0. The zero-order chi connectivity index (χ0) is 13.0. The van der Waals surface area contributed by atoms with E-state index >= 15 is 0 Å². The molecule has 2 N–H and O–H groups in total. The zero-order valence-corrected chi connectivity index (χ0v) is 11.6. The molecule has 0 spiro atoms. The molecule has 2 aromatic rings. The normalized spacial score (nSPS) is 14.4. The van der Waals surface area contributed by atoms with Crippen molar-refractivity contribution in [3.05, 3.63) is 47.3 Å². The fraction of sp³-hybridized carbons (Fsp3) is 0.308. The molecule has 0 saturated carbocycles. The van der Waals surface area contributed by atoms with Crippen molar-refractivity contribution in [1.29, 1.82) is 0 Å². The first kappa shape index (κ1) is 13.5. The zero-order valence-electron chi connectivity index (χ0n) is 10.0. The number of aromatic nitrogens is 1. The van der Waals surface area contributed by atoms with Crippen LogP contribution in [0.25, 0.3) is 0 Å². The summed E-state index contributed by atoms with van der Waals surface area (Å²) in [6.07, 6.45) is 4.08. The highest BCUT2D eigenvalue weighted by Gasteiger charge is 2.22. The van der Waals surface area contributed by atoms with Gasteiger partial charge in [-0.05, 0) is 24.1 Å². The standard InChI is InChI=1S/C13H15ClN2OS/c1-2-11(15)12(18-13-16-6-7-17-13)9-4-3-5-10(14)8-9/h3-8,11-12H,2,15H2,1H3. The molecule has 0 aliphatic rings. The molecule has 3 nitrogen and oxygen atoms in total. The minimum Gasteiger partial charge on any atom is -0.440 e. The largest absolute Gasteiger partial charge is 0.440 e. The van der Waals surface area contributed by atoms with Crippen molar-refractivity contribution in [2.45, 2.75) is 29.9 Å². The van der Waals surface area contributed by atoms with Gasteiger partial charge in [-0.15, -0.1) is 0 Å². The molecule has 2 unspecified atom stereocenters. The number of halogens is 1. The number of benzene rings is 1. The topological polar surface area (TPSA) is 52.0 Å². The predicted molar refractivity (Wildman–Crippen MR) is 74.8 cm³/mol. The Hall–Kier alpha value is -0.970. The molecule has 0 aliphatic heterocycles. The fourth-order valence-corrected chi connectivity index (χ4v) is 2.98. The number of hydrogen-bond acceptors (Lipinski definition) is 4. The molecular weight excluding hydrogens is 268 g/mol. The van der Waals surface area contributed by atoms with Crippen LogP contribution in [0.15, 0.2) is 46.4 Å². The minimum absolute atomic E-state index is 0.0281. The van der Waals surface area contributed by atoms with E-state index < -0.39 is 0 Å². The van der Waals surface area contributed by atoms with E-state index in [9.17, 15) is 0 Å². The smallest absolute Gasteiger partial charge is 0.256 e. The van der Waals surface area contributed by atoms with Gasteiger partial charge >= 0.3 is 0 Å². The van der Waals surface area contributed by atoms with Crippen molar-refractivity contribution >= 4 is 23.4 Å². The molecule has 0 aliphatic carbocycles. The van der Waals surface area contributed by atoms with E-state index in [4.69, 9.17) is 21.8 Å². The molecule has 0 bridgehead atoms. The lowest BCUT2D eigenvalue weighted by Gasteiger charge is -2.21. The van der Waals surface area contributed by atoms with Gasteiger partial charge in [0.15, 0.2) is 0 Å². The second kappa shape index (κ2) is 6.27. The molecule has 2 rings (SSSR count). The average molecular weight is 283 g/mol. The van der Waals surface area contributed by atoms with E-state index in [2.05, 4.69) is 11.9 Å². The number of hydrogen-bond donors (Lipinski definition) is 1. The van der Waals surface area contributed by atoms with Crippen molar-refractivity contribution in [1.82, 2.24) is 4.98 Å². The Labute approximate surface area is 116 Å². The third-order valence-corrected chi connectivity index (χ3v) is 4.19. The van der Waals surface area contributed by atoms with Crippen LogP contribution in [-0.2, 0) is 0 Å². The molecule has 18 heavy (non-hydrogen) atoms.